The largest absolute Gasteiger partial charge is 0.507 e. The Balaban J connectivity index is 1.76. The van der Waals surface area contributed by atoms with Gasteiger partial charge in [-0.2, -0.15) is 0 Å². The summed E-state index contributed by atoms with van der Waals surface area (Å²) in [4.78, 5) is 32.2. The molecule has 3 aromatic rings. The molecular weight excluding hydrogens is 356 g/mol. The minimum absolute atomic E-state index is 0.0189. The van der Waals surface area contributed by atoms with Gasteiger partial charge < -0.3 is 14.8 Å². The number of fused-ring (bicyclic) bond motifs is 1. The van der Waals surface area contributed by atoms with Gasteiger partial charge in [-0.1, -0.05) is 26.0 Å². The highest BCUT2D eigenvalue weighted by atomic mass is 16.5. The number of Topliss-reactive ketones (excluding diaryl/α,β-unsaturated/α-hetero) is 1. The number of carbonyl (C=O) groups is 2. The number of esters is 1. The maximum absolute atomic E-state index is 12.4. The van der Waals surface area contributed by atoms with E-state index in [-0.39, 0.29) is 29.6 Å². The highest BCUT2D eigenvalue weighted by Gasteiger charge is 2.31. The molecule has 0 unspecified atom stereocenters. The molecule has 0 spiro atoms. The average molecular weight is 380 g/mol. The number of ether oxygens (including phenoxy) is 1. The van der Waals surface area contributed by atoms with Crippen LogP contribution in [-0.2, 0) is 9.53 Å². The minimum atomic E-state index is -0.764. The van der Waals surface area contributed by atoms with Crippen LogP contribution in [0.15, 0.2) is 42.5 Å². The van der Waals surface area contributed by atoms with E-state index in [4.69, 9.17) is 4.74 Å². The molecule has 0 aliphatic carbocycles. The van der Waals surface area contributed by atoms with Crippen LogP contribution in [0.1, 0.15) is 38.1 Å². The molecule has 0 amide bonds. The summed E-state index contributed by atoms with van der Waals surface area (Å²) < 4.78 is 5.32. The molecule has 0 aliphatic heterocycles. The van der Waals surface area contributed by atoms with Gasteiger partial charge in [-0.05, 0) is 44.2 Å². The van der Waals surface area contributed by atoms with E-state index in [2.05, 4.69) is 9.97 Å². The molecule has 146 valence electrons. The number of phenols is 1. The van der Waals surface area contributed by atoms with Crippen molar-refractivity contribution in [1.82, 2.24) is 9.97 Å². The first-order valence-electron chi connectivity index (χ1n) is 9.18. The van der Waals surface area contributed by atoms with Crippen molar-refractivity contribution in [3.05, 3.63) is 48.0 Å². The first kappa shape index (κ1) is 19.6. The molecule has 2 aromatic carbocycles. The summed E-state index contributed by atoms with van der Waals surface area (Å²) in [6, 6.07) is 12.1. The van der Waals surface area contributed by atoms with Crippen LogP contribution >= 0.6 is 0 Å². The van der Waals surface area contributed by atoms with E-state index in [0.717, 1.165) is 11.0 Å². The number of imidazole rings is 1. The van der Waals surface area contributed by atoms with Gasteiger partial charge in [0.15, 0.2) is 0 Å². The van der Waals surface area contributed by atoms with Gasteiger partial charge >= 0.3 is 5.97 Å². The number of nitrogens with one attached hydrogen (secondary N) is 1. The van der Waals surface area contributed by atoms with E-state index >= 15 is 0 Å². The molecule has 2 N–H and O–H groups in total. The highest BCUT2D eigenvalue weighted by molar-refractivity contribution is 5.92. The van der Waals surface area contributed by atoms with Gasteiger partial charge in [0.2, 0.25) is 0 Å². The summed E-state index contributed by atoms with van der Waals surface area (Å²) in [6.07, 6.45) is 0. The van der Waals surface area contributed by atoms with E-state index in [9.17, 15) is 14.7 Å². The number of hydrogen-bond acceptors (Lipinski definition) is 5. The van der Waals surface area contributed by atoms with E-state index in [1.165, 1.54) is 6.07 Å². The van der Waals surface area contributed by atoms with Crippen LogP contribution < -0.4 is 0 Å². The van der Waals surface area contributed by atoms with E-state index in [0.29, 0.717) is 11.4 Å². The fourth-order valence-electron chi connectivity index (χ4n) is 3.12. The number of para-hydroxylation sites is 2. The number of carbonyl (C=O) groups excluding carboxylic acids is 2. The van der Waals surface area contributed by atoms with Crippen molar-refractivity contribution in [2.45, 2.75) is 27.7 Å². The molecule has 0 saturated carbocycles. The number of rotatable bonds is 6. The Bertz CT molecular complexity index is 1000. The fraction of sp³-hybridized carbons (Fsp3) is 0.318. The lowest BCUT2D eigenvalue weighted by molar-refractivity contribution is -0.132. The molecule has 0 saturated heterocycles. The number of nitrogens with zero attached hydrogens (tertiary/aromatic N) is 1. The summed E-state index contributed by atoms with van der Waals surface area (Å²) in [7, 11) is 0. The average Bonchev–Trinajstić information content (AvgIpc) is 3.09. The molecule has 6 heteroatoms. The summed E-state index contributed by atoms with van der Waals surface area (Å²) in [6.45, 7) is 7.13. The second-order valence-electron chi connectivity index (χ2n) is 7.81. The molecule has 0 atom stereocenters. The Kier molecular flexibility index (Phi) is 5.23. The summed E-state index contributed by atoms with van der Waals surface area (Å²) in [5.41, 5.74) is 1.59. The van der Waals surface area contributed by atoms with Gasteiger partial charge in [0, 0.05) is 5.92 Å². The number of hydrogen-bond donors (Lipinski definition) is 2. The maximum Gasteiger partial charge on any atom is 0.338 e. The van der Waals surface area contributed by atoms with Gasteiger partial charge in [0.25, 0.3) is 0 Å². The maximum atomic E-state index is 12.4. The van der Waals surface area contributed by atoms with Crippen molar-refractivity contribution in [3.8, 4) is 17.1 Å². The van der Waals surface area contributed by atoms with Crippen molar-refractivity contribution in [1.29, 1.82) is 0 Å². The smallest absolute Gasteiger partial charge is 0.338 e. The second-order valence-corrected chi connectivity index (χ2v) is 7.81. The van der Waals surface area contributed by atoms with Gasteiger partial charge in [-0.3, -0.25) is 4.79 Å². The summed E-state index contributed by atoms with van der Waals surface area (Å²) in [5.74, 6) is -0.256. The molecule has 0 fully saturated rings. The lowest BCUT2D eigenvalue weighted by atomic mass is 9.83. The number of ketones is 1. The lowest BCUT2D eigenvalue weighted by Gasteiger charge is -2.24. The predicted octanol–water partition coefficient (Wildman–Crippen LogP) is 4.34. The molecule has 6 nitrogen and oxygen atoms in total. The van der Waals surface area contributed by atoms with Crippen LogP contribution in [0.3, 0.4) is 0 Å². The standard InChI is InChI=1S/C22H24N2O4/c1-13(2)19(26)22(3,4)12-28-21(27)14-9-10-15(18(25)11-14)20-23-16-7-5-6-8-17(16)24-20/h5-11,13,25H,12H2,1-4H3,(H,23,24). The quantitative estimate of drug-likeness (QED) is 0.621. The number of phenolic OH excluding ortho intramolecular Hbond substituents is 1. The first-order valence-corrected chi connectivity index (χ1v) is 9.18. The molecule has 28 heavy (non-hydrogen) atoms. The summed E-state index contributed by atoms with van der Waals surface area (Å²) >= 11 is 0. The SMILES string of the molecule is CC(C)C(=O)C(C)(C)COC(=O)c1ccc(-c2nc3ccccc3[nH]2)c(O)c1. The predicted molar refractivity (Wildman–Crippen MR) is 107 cm³/mol. The van der Waals surface area contributed by atoms with Crippen LogP contribution in [0.2, 0.25) is 0 Å². The van der Waals surface area contributed by atoms with Crippen molar-refractivity contribution in [3.63, 3.8) is 0 Å². The Hall–Kier alpha value is -3.15. The van der Waals surface area contributed by atoms with E-state index in [1.807, 2.05) is 38.1 Å². The van der Waals surface area contributed by atoms with E-state index < -0.39 is 11.4 Å². The fourth-order valence-corrected chi connectivity index (χ4v) is 3.12. The Labute approximate surface area is 163 Å². The molecule has 3 rings (SSSR count). The third-order valence-electron chi connectivity index (χ3n) is 4.63. The molecule has 0 bridgehead atoms. The van der Waals surface area contributed by atoms with Gasteiger partial charge in [0.05, 0.1) is 27.6 Å². The first-order chi connectivity index (χ1) is 13.2. The monoisotopic (exact) mass is 380 g/mol. The van der Waals surface area contributed by atoms with E-state index in [1.54, 1.807) is 26.0 Å². The zero-order valence-corrected chi connectivity index (χ0v) is 16.4. The second kappa shape index (κ2) is 7.46. The van der Waals surface area contributed by atoms with Gasteiger partial charge in [-0.25, -0.2) is 9.78 Å². The van der Waals surface area contributed by atoms with Crippen LogP contribution in [0.25, 0.3) is 22.4 Å². The van der Waals surface area contributed by atoms with Gasteiger partial charge in [-0.15, -0.1) is 0 Å². The molecule has 1 aromatic heterocycles. The third-order valence-corrected chi connectivity index (χ3v) is 4.63. The third kappa shape index (κ3) is 3.91. The molecule has 0 aliphatic rings. The summed E-state index contributed by atoms with van der Waals surface area (Å²) in [5, 5.41) is 10.4. The van der Waals surface area contributed by atoms with Crippen molar-refractivity contribution < 1.29 is 19.4 Å². The highest BCUT2D eigenvalue weighted by Crippen LogP contribution is 2.30. The molecule has 1 heterocycles. The van der Waals surface area contributed by atoms with Crippen LogP contribution in [0.4, 0.5) is 0 Å². The van der Waals surface area contributed by atoms with Gasteiger partial charge in [0.1, 0.15) is 24.0 Å². The van der Waals surface area contributed by atoms with Crippen LogP contribution in [0, 0.1) is 11.3 Å². The van der Waals surface area contributed by atoms with Crippen molar-refractivity contribution in [2.24, 2.45) is 11.3 Å². The minimum Gasteiger partial charge on any atom is -0.507 e. The number of aromatic amines is 1. The van der Waals surface area contributed by atoms with Crippen LogP contribution in [0.5, 0.6) is 5.75 Å². The number of benzene rings is 2. The van der Waals surface area contributed by atoms with Crippen molar-refractivity contribution >= 4 is 22.8 Å². The normalized spacial score (nSPS) is 11.8. The molecule has 0 radical (unpaired) electrons. The number of aromatic hydroxyl groups is 1. The number of aromatic nitrogens is 2. The zero-order valence-electron chi connectivity index (χ0n) is 16.4. The lowest BCUT2D eigenvalue weighted by Crippen LogP contribution is -2.34. The number of H-pyrrole nitrogens is 1. The van der Waals surface area contributed by atoms with Crippen LogP contribution in [-0.4, -0.2) is 33.4 Å². The zero-order chi connectivity index (χ0) is 20.5. The Morgan fingerprint density at radius 3 is 2.54 bits per heavy atom. The van der Waals surface area contributed by atoms with Crippen molar-refractivity contribution in [2.75, 3.05) is 6.61 Å². The Morgan fingerprint density at radius 2 is 1.89 bits per heavy atom. The molecular formula is C22H24N2O4. The Morgan fingerprint density at radius 1 is 1.18 bits per heavy atom. The topological polar surface area (TPSA) is 92.3 Å².